The second-order valence-corrected chi connectivity index (χ2v) is 3.86. The number of amides is 1. The van der Waals surface area contributed by atoms with Crippen molar-refractivity contribution < 1.29 is 9.53 Å². The predicted octanol–water partition coefficient (Wildman–Crippen LogP) is 0.437. The van der Waals surface area contributed by atoms with Gasteiger partial charge in [-0.15, -0.1) is 0 Å². The molecule has 0 saturated carbocycles. The predicted molar refractivity (Wildman–Crippen MR) is 48.5 cm³/mol. The summed E-state index contributed by atoms with van der Waals surface area (Å²) in [5.41, 5.74) is 0. The van der Waals surface area contributed by atoms with Crippen LogP contribution in [0.3, 0.4) is 0 Å². The van der Waals surface area contributed by atoms with Crippen molar-refractivity contribution in [3.8, 4) is 0 Å². The van der Waals surface area contributed by atoms with Gasteiger partial charge in [-0.3, -0.25) is 0 Å². The van der Waals surface area contributed by atoms with Crippen LogP contribution in [0.15, 0.2) is 0 Å². The van der Waals surface area contributed by atoms with Crippen molar-refractivity contribution in [1.29, 1.82) is 0 Å². The molecule has 0 aromatic rings. The Hall–Kier alpha value is -0.770. The quantitative estimate of drug-likeness (QED) is 0.643. The van der Waals surface area contributed by atoms with E-state index in [2.05, 4.69) is 12.2 Å². The fourth-order valence-electron chi connectivity index (χ4n) is 2.08. The lowest BCUT2D eigenvalue weighted by atomic mass is 10.0. The Kier molecular flexibility index (Phi) is 2.40. The van der Waals surface area contributed by atoms with E-state index in [-0.39, 0.29) is 6.09 Å². The van der Waals surface area contributed by atoms with Crippen molar-refractivity contribution in [3.63, 3.8) is 0 Å². The van der Waals surface area contributed by atoms with Gasteiger partial charge in [-0.05, 0) is 18.9 Å². The van der Waals surface area contributed by atoms with E-state index < -0.39 is 0 Å². The third-order valence-electron chi connectivity index (χ3n) is 2.88. The summed E-state index contributed by atoms with van der Waals surface area (Å²) in [6.07, 6.45) is 0.835. The normalized spacial score (nSPS) is 34.8. The van der Waals surface area contributed by atoms with E-state index in [9.17, 15) is 4.79 Å². The third-order valence-corrected chi connectivity index (χ3v) is 2.88. The van der Waals surface area contributed by atoms with Crippen molar-refractivity contribution >= 4 is 6.09 Å². The van der Waals surface area contributed by atoms with Gasteiger partial charge in [-0.25, -0.2) is 4.79 Å². The first-order valence-electron chi connectivity index (χ1n) is 4.93. The highest BCUT2D eigenvalue weighted by Gasteiger charge is 2.34. The maximum atomic E-state index is 11.4. The lowest BCUT2D eigenvalue weighted by Crippen LogP contribution is -2.47. The molecule has 0 aliphatic carbocycles. The molecule has 4 heteroatoms. The zero-order valence-electron chi connectivity index (χ0n) is 7.95. The Labute approximate surface area is 78.2 Å². The van der Waals surface area contributed by atoms with E-state index in [0.717, 1.165) is 26.1 Å². The summed E-state index contributed by atoms with van der Waals surface area (Å²) in [7, 11) is 0. The summed E-state index contributed by atoms with van der Waals surface area (Å²) in [6, 6.07) is 0.341. The van der Waals surface area contributed by atoms with Gasteiger partial charge in [0, 0.05) is 13.1 Å². The van der Waals surface area contributed by atoms with Crippen LogP contribution in [0.4, 0.5) is 4.79 Å². The Morgan fingerprint density at radius 2 is 2.38 bits per heavy atom. The molecule has 0 aromatic heterocycles. The second-order valence-electron chi connectivity index (χ2n) is 3.86. The highest BCUT2D eigenvalue weighted by molar-refractivity contribution is 5.68. The molecule has 1 amide bonds. The zero-order valence-corrected chi connectivity index (χ0v) is 7.95. The number of hydrogen-bond donors (Lipinski definition) is 1. The van der Waals surface area contributed by atoms with Crippen LogP contribution in [0, 0.1) is 5.92 Å². The van der Waals surface area contributed by atoms with Crippen molar-refractivity contribution in [2.45, 2.75) is 19.4 Å². The Bertz CT molecular complexity index is 208. The van der Waals surface area contributed by atoms with Crippen LogP contribution >= 0.6 is 0 Å². The molecule has 1 N–H and O–H groups in total. The minimum absolute atomic E-state index is 0.133. The molecule has 74 valence electrons. The molecule has 4 nitrogen and oxygen atoms in total. The topological polar surface area (TPSA) is 41.6 Å². The Morgan fingerprint density at radius 3 is 3.00 bits per heavy atom. The van der Waals surface area contributed by atoms with Gasteiger partial charge in [-0.1, -0.05) is 6.92 Å². The highest BCUT2D eigenvalue weighted by Crippen LogP contribution is 2.18. The summed E-state index contributed by atoms with van der Waals surface area (Å²) < 4.78 is 5.01. The van der Waals surface area contributed by atoms with Crippen LogP contribution in [0.1, 0.15) is 13.3 Å². The van der Waals surface area contributed by atoms with E-state index in [1.54, 1.807) is 0 Å². The van der Waals surface area contributed by atoms with E-state index in [0.29, 0.717) is 18.6 Å². The van der Waals surface area contributed by atoms with E-state index >= 15 is 0 Å². The van der Waals surface area contributed by atoms with Crippen LogP contribution in [0.2, 0.25) is 0 Å². The molecular weight excluding hydrogens is 168 g/mol. The first kappa shape index (κ1) is 8.81. The minimum atomic E-state index is -0.133. The molecule has 2 saturated heterocycles. The van der Waals surface area contributed by atoms with Crippen molar-refractivity contribution in [2.24, 2.45) is 5.92 Å². The molecule has 2 heterocycles. The lowest BCUT2D eigenvalue weighted by molar-refractivity contribution is 0.0516. The van der Waals surface area contributed by atoms with Crippen LogP contribution in [0.25, 0.3) is 0 Å². The van der Waals surface area contributed by atoms with Crippen molar-refractivity contribution in [2.75, 3.05) is 26.2 Å². The fraction of sp³-hybridized carbons (Fsp3) is 0.889. The summed E-state index contributed by atoms with van der Waals surface area (Å²) in [5, 5.41) is 3.29. The zero-order chi connectivity index (χ0) is 9.26. The molecular formula is C9H16N2O2. The molecule has 13 heavy (non-hydrogen) atoms. The number of rotatable bonds is 1. The van der Waals surface area contributed by atoms with E-state index in [1.165, 1.54) is 0 Å². The highest BCUT2D eigenvalue weighted by atomic mass is 16.6. The van der Waals surface area contributed by atoms with Crippen LogP contribution < -0.4 is 5.32 Å². The molecule has 0 aromatic carbocycles. The number of nitrogens with one attached hydrogen (secondary N) is 1. The SMILES string of the molecule is CC1CNCC1N1CCCOC1=O. The van der Waals surface area contributed by atoms with Crippen LogP contribution in [-0.4, -0.2) is 43.3 Å². The smallest absolute Gasteiger partial charge is 0.410 e. The Morgan fingerprint density at radius 1 is 1.54 bits per heavy atom. The second kappa shape index (κ2) is 3.54. The number of carbonyl (C=O) groups excluding carboxylic acids is 1. The molecule has 0 spiro atoms. The molecule has 2 rings (SSSR count). The number of carbonyl (C=O) groups is 1. The van der Waals surface area contributed by atoms with E-state index in [4.69, 9.17) is 4.74 Å². The number of nitrogens with zero attached hydrogens (tertiary/aromatic N) is 1. The van der Waals surface area contributed by atoms with Gasteiger partial charge in [0.1, 0.15) is 0 Å². The summed E-state index contributed by atoms with van der Waals surface area (Å²) in [6.45, 7) is 5.54. The monoisotopic (exact) mass is 184 g/mol. The molecule has 0 bridgehead atoms. The number of hydrogen-bond acceptors (Lipinski definition) is 3. The summed E-state index contributed by atoms with van der Waals surface area (Å²) in [5.74, 6) is 0.547. The van der Waals surface area contributed by atoms with Crippen LogP contribution in [-0.2, 0) is 4.74 Å². The van der Waals surface area contributed by atoms with Crippen molar-refractivity contribution in [3.05, 3.63) is 0 Å². The molecule has 2 atom stereocenters. The first-order chi connectivity index (χ1) is 6.29. The maximum absolute atomic E-state index is 11.4. The third kappa shape index (κ3) is 1.63. The Balaban J connectivity index is 2.01. The largest absolute Gasteiger partial charge is 0.449 e. The average Bonchev–Trinajstić information content (AvgIpc) is 2.52. The standard InChI is InChI=1S/C9H16N2O2/c1-7-5-10-6-8(7)11-3-2-4-13-9(11)12/h7-8,10H,2-6H2,1H3. The van der Waals surface area contributed by atoms with Gasteiger partial charge in [-0.2, -0.15) is 0 Å². The number of ether oxygens (including phenoxy) is 1. The molecule has 2 unspecified atom stereocenters. The molecule has 2 aliphatic heterocycles. The number of cyclic esters (lactones) is 1. The summed E-state index contributed by atoms with van der Waals surface area (Å²) >= 11 is 0. The van der Waals surface area contributed by atoms with Crippen molar-refractivity contribution in [1.82, 2.24) is 10.2 Å². The molecule has 0 radical (unpaired) electrons. The van der Waals surface area contributed by atoms with Gasteiger partial charge in [0.15, 0.2) is 0 Å². The van der Waals surface area contributed by atoms with Gasteiger partial charge in [0.25, 0.3) is 0 Å². The maximum Gasteiger partial charge on any atom is 0.410 e. The van der Waals surface area contributed by atoms with Gasteiger partial charge in [0.2, 0.25) is 0 Å². The molecule has 2 aliphatic rings. The first-order valence-corrected chi connectivity index (χ1v) is 4.93. The van der Waals surface area contributed by atoms with Crippen LogP contribution in [0.5, 0.6) is 0 Å². The lowest BCUT2D eigenvalue weighted by Gasteiger charge is -2.33. The summed E-state index contributed by atoms with van der Waals surface area (Å²) in [4.78, 5) is 13.3. The molecule has 2 fully saturated rings. The fourth-order valence-corrected chi connectivity index (χ4v) is 2.08. The van der Waals surface area contributed by atoms with Gasteiger partial charge >= 0.3 is 6.09 Å². The average molecular weight is 184 g/mol. The minimum Gasteiger partial charge on any atom is -0.449 e. The van der Waals surface area contributed by atoms with Gasteiger partial charge < -0.3 is 15.0 Å². The van der Waals surface area contributed by atoms with Gasteiger partial charge in [0.05, 0.1) is 12.6 Å². The van der Waals surface area contributed by atoms with E-state index in [1.807, 2.05) is 4.90 Å².